The zero-order valence-electron chi connectivity index (χ0n) is 18.5. The molecule has 8 nitrogen and oxygen atoms in total. The van der Waals surface area contributed by atoms with Crippen LogP contribution in [-0.4, -0.2) is 61.8 Å². The molecule has 1 saturated heterocycles. The number of aromatic nitrogens is 5. The average molecular weight is 471 g/mol. The van der Waals surface area contributed by atoms with Crippen molar-refractivity contribution in [3.05, 3.63) is 77.1 Å². The van der Waals surface area contributed by atoms with Gasteiger partial charge in [0.15, 0.2) is 5.01 Å². The molecule has 1 aliphatic rings. The summed E-state index contributed by atoms with van der Waals surface area (Å²) >= 11 is 1.36. The fraction of sp³-hybridized carbons (Fsp3) is 0.200. The summed E-state index contributed by atoms with van der Waals surface area (Å²) in [5, 5.41) is 7.93. The zero-order valence-corrected chi connectivity index (χ0v) is 19.3. The van der Waals surface area contributed by atoms with Gasteiger partial charge in [0.1, 0.15) is 5.65 Å². The molecule has 6 rings (SSSR count). The quantitative estimate of drug-likeness (QED) is 0.404. The Labute approximate surface area is 199 Å². The van der Waals surface area contributed by atoms with Crippen LogP contribution in [0.25, 0.3) is 33.4 Å². The largest absolute Gasteiger partial charge is 0.378 e. The second-order valence-electron chi connectivity index (χ2n) is 8.34. The molecule has 5 aromatic rings. The summed E-state index contributed by atoms with van der Waals surface area (Å²) in [6.07, 6.45) is 7.78. The van der Waals surface area contributed by atoms with E-state index in [2.05, 4.69) is 38.2 Å². The summed E-state index contributed by atoms with van der Waals surface area (Å²) in [6, 6.07) is 12.3. The topological polar surface area (TPSA) is 88.9 Å². The summed E-state index contributed by atoms with van der Waals surface area (Å²) in [5.41, 5.74) is 5.66. The van der Waals surface area contributed by atoms with Crippen molar-refractivity contribution in [2.45, 2.75) is 12.6 Å². The smallest absolute Gasteiger partial charge is 0.283 e. The first-order valence-electron chi connectivity index (χ1n) is 11.0. The number of nitrogens with zero attached hydrogens (tertiary/aromatic N) is 5. The average Bonchev–Trinajstić information content (AvgIpc) is 3.58. The van der Waals surface area contributed by atoms with Crippen molar-refractivity contribution in [2.75, 3.05) is 20.2 Å². The van der Waals surface area contributed by atoms with Crippen LogP contribution in [0.5, 0.6) is 0 Å². The van der Waals surface area contributed by atoms with E-state index in [0.29, 0.717) is 24.6 Å². The van der Waals surface area contributed by atoms with Crippen LogP contribution in [0, 0.1) is 0 Å². The van der Waals surface area contributed by atoms with E-state index in [-0.39, 0.29) is 12.0 Å². The first-order valence-corrected chi connectivity index (χ1v) is 11.9. The minimum atomic E-state index is -0.0493. The molecule has 0 spiro atoms. The predicted molar refractivity (Wildman–Crippen MR) is 131 cm³/mol. The monoisotopic (exact) mass is 470 g/mol. The molecule has 9 heteroatoms. The first kappa shape index (κ1) is 20.8. The molecule has 1 N–H and O–H groups in total. The molecule has 0 unspecified atom stereocenters. The van der Waals surface area contributed by atoms with Crippen LogP contribution < -0.4 is 0 Å². The SMILES string of the molecule is COC1CN(C(=O)c2nc(-c3cnc4[nH]cc(-c5cnn(Cc6ccccc6)c5)c4c3)cs2)C1. The van der Waals surface area contributed by atoms with Crippen molar-refractivity contribution in [1.29, 1.82) is 0 Å². The summed E-state index contributed by atoms with van der Waals surface area (Å²) in [5.74, 6) is -0.0493. The zero-order chi connectivity index (χ0) is 23.1. The summed E-state index contributed by atoms with van der Waals surface area (Å²) < 4.78 is 7.19. The standard InChI is InChI=1S/C25H22N6O2S/c1-33-19-13-30(14-19)25(32)24-29-22(15-34-24)17-7-20-21(10-27-23(20)26-8-17)18-9-28-31(12-18)11-16-5-3-2-4-6-16/h2-10,12,15,19H,11,13-14H2,1H3,(H,26,27). The lowest BCUT2D eigenvalue weighted by molar-refractivity contribution is -0.0192. The molecule has 4 aromatic heterocycles. The number of aromatic amines is 1. The summed E-state index contributed by atoms with van der Waals surface area (Å²) in [7, 11) is 1.67. The number of hydrogen-bond donors (Lipinski definition) is 1. The molecule has 0 bridgehead atoms. The number of nitrogens with one attached hydrogen (secondary N) is 1. The third-order valence-corrected chi connectivity index (χ3v) is 6.94. The minimum Gasteiger partial charge on any atom is -0.378 e. The van der Waals surface area contributed by atoms with Gasteiger partial charge in [-0.3, -0.25) is 9.48 Å². The number of H-pyrrole nitrogens is 1. The van der Waals surface area contributed by atoms with Gasteiger partial charge in [-0.15, -0.1) is 11.3 Å². The van der Waals surface area contributed by atoms with Gasteiger partial charge in [-0.25, -0.2) is 9.97 Å². The third kappa shape index (κ3) is 3.78. The maximum absolute atomic E-state index is 12.7. The summed E-state index contributed by atoms with van der Waals surface area (Å²) in [6.45, 7) is 1.94. The van der Waals surface area contributed by atoms with Crippen LogP contribution in [0.4, 0.5) is 0 Å². The Bertz CT molecular complexity index is 1470. The van der Waals surface area contributed by atoms with E-state index in [1.54, 1.807) is 18.2 Å². The van der Waals surface area contributed by atoms with E-state index in [1.165, 1.54) is 16.9 Å². The van der Waals surface area contributed by atoms with Crippen molar-refractivity contribution in [3.8, 4) is 22.4 Å². The lowest BCUT2D eigenvalue weighted by atomic mass is 10.1. The second kappa shape index (κ2) is 8.51. The van der Waals surface area contributed by atoms with E-state index in [4.69, 9.17) is 4.74 Å². The van der Waals surface area contributed by atoms with E-state index in [0.717, 1.165) is 33.4 Å². The van der Waals surface area contributed by atoms with Gasteiger partial charge >= 0.3 is 0 Å². The van der Waals surface area contributed by atoms with E-state index < -0.39 is 0 Å². The third-order valence-electron chi connectivity index (χ3n) is 6.11. The van der Waals surface area contributed by atoms with Crippen LogP contribution in [-0.2, 0) is 11.3 Å². The van der Waals surface area contributed by atoms with Crippen molar-refractivity contribution in [1.82, 2.24) is 29.6 Å². The Morgan fingerprint density at radius 2 is 2.06 bits per heavy atom. The molecule has 1 aliphatic heterocycles. The number of thiazole rings is 1. The van der Waals surface area contributed by atoms with E-state index >= 15 is 0 Å². The number of carbonyl (C=O) groups excluding carboxylic acids is 1. The Balaban J connectivity index is 1.26. The van der Waals surface area contributed by atoms with Gasteiger partial charge in [0.05, 0.1) is 24.5 Å². The number of pyridine rings is 1. The van der Waals surface area contributed by atoms with Crippen LogP contribution in [0.2, 0.25) is 0 Å². The van der Waals surface area contributed by atoms with Gasteiger partial charge in [0.2, 0.25) is 0 Å². The molecule has 1 amide bonds. The fourth-order valence-corrected chi connectivity index (χ4v) is 4.93. The Hall–Kier alpha value is -3.82. The van der Waals surface area contributed by atoms with Gasteiger partial charge in [-0.1, -0.05) is 30.3 Å². The number of methoxy groups -OCH3 is 1. The summed E-state index contributed by atoms with van der Waals surface area (Å²) in [4.78, 5) is 26.9. The molecule has 0 atom stereocenters. The predicted octanol–water partition coefficient (Wildman–Crippen LogP) is 4.07. The molecular weight excluding hydrogens is 448 g/mol. The highest BCUT2D eigenvalue weighted by molar-refractivity contribution is 7.12. The lowest BCUT2D eigenvalue weighted by Gasteiger charge is -2.37. The van der Waals surface area contributed by atoms with Gasteiger partial charge < -0.3 is 14.6 Å². The molecule has 5 heterocycles. The highest BCUT2D eigenvalue weighted by Crippen LogP contribution is 2.31. The minimum absolute atomic E-state index is 0.0493. The highest BCUT2D eigenvalue weighted by Gasteiger charge is 2.32. The van der Waals surface area contributed by atoms with Crippen LogP contribution >= 0.6 is 11.3 Å². The second-order valence-corrected chi connectivity index (χ2v) is 9.20. The molecule has 0 radical (unpaired) electrons. The van der Waals surface area contributed by atoms with Gasteiger partial charge in [0, 0.05) is 66.2 Å². The van der Waals surface area contributed by atoms with E-state index in [9.17, 15) is 4.79 Å². The number of benzene rings is 1. The Morgan fingerprint density at radius 3 is 2.88 bits per heavy atom. The molecule has 0 aliphatic carbocycles. The number of amides is 1. The van der Waals surface area contributed by atoms with Crippen LogP contribution in [0.15, 0.2) is 66.6 Å². The molecular formula is C25H22N6O2S. The van der Waals surface area contributed by atoms with Crippen molar-refractivity contribution in [3.63, 3.8) is 0 Å². The molecule has 1 aromatic carbocycles. The van der Waals surface area contributed by atoms with E-state index in [1.807, 2.05) is 46.9 Å². The number of hydrogen-bond acceptors (Lipinski definition) is 6. The number of carbonyl (C=O) groups is 1. The number of fused-ring (bicyclic) bond motifs is 1. The normalized spacial score (nSPS) is 14.0. The Kier molecular flexibility index (Phi) is 5.20. The maximum atomic E-state index is 12.7. The molecule has 0 saturated carbocycles. The first-order chi connectivity index (χ1) is 16.7. The van der Waals surface area contributed by atoms with Gasteiger partial charge in [0.25, 0.3) is 5.91 Å². The van der Waals surface area contributed by atoms with Gasteiger partial charge in [-0.05, 0) is 11.6 Å². The molecule has 34 heavy (non-hydrogen) atoms. The number of likely N-dealkylation sites (tertiary alicyclic amines) is 1. The maximum Gasteiger partial charge on any atom is 0.283 e. The van der Waals surface area contributed by atoms with Gasteiger partial charge in [-0.2, -0.15) is 5.10 Å². The van der Waals surface area contributed by atoms with Crippen molar-refractivity contribution in [2.24, 2.45) is 0 Å². The number of ether oxygens (including phenoxy) is 1. The van der Waals surface area contributed by atoms with Crippen molar-refractivity contribution < 1.29 is 9.53 Å². The van der Waals surface area contributed by atoms with Crippen molar-refractivity contribution >= 4 is 28.3 Å². The Morgan fingerprint density at radius 1 is 1.21 bits per heavy atom. The highest BCUT2D eigenvalue weighted by atomic mass is 32.1. The molecule has 1 fully saturated rings. The molecule has 170 valence electrons. The van der Waals surface area contributed by atoms with Crippen LogP contribution in [0.1, 0.15) is 15.4 Å². The fourth-order valence-electron chi connectivity index (χ4n) is 4.13. The number of rotatable bonds is 6. The lowest BCUT2D eigenvalue weighted by Crippen LogP contribution is -2.54. The van der Waals surface area contributed by atoms with Crippen LogP contribution in [0.3, 0.4) is 0 Å².